The van der Waals surface area contributed by atoms with Crippen LogP contribution in [0.15, 0.2) is 53.4 Å². The summed E-state index contributed by atoms with van der Waals surface area (Å²) >= 11 is 0. The van der Waals surface area contributed by atoms with Gasteiger partial charge in [-0.25, -0.2) is 0 Å². The van der Waals surface area contributed by atoms with Gasteiger partial charge in [0.05, 0.1) is 0 Å². The lowest BCUT2D eigenvalue weighted by molar-refractivity contribution is -0.132. The van der Waals surface area contributed by atoms with E-state index in [1.165, 1.54) is 0 Å². The van der Waals surface area contributed by atoms with Gasteiger partial charge in [-0.3, -0.25) is 19.6 Å². The number of aryl methyl sites for hydroxylation is 1. The quantitative estimate of drug-likeness (QED) is 0.557. The topological polar surface area (TPSA) is 102 Å². The standard InChI is InChI=1S/C22H23N5O3/c28-20(8-3-7-19-25-22(26-30-19)16-9-12-23-13-10-16)27-14-4-5-17(15-27)21(29)18-6-1-2-11-24-18/h1-2,6,9-13,17H,3-5,7-8,14-15H2. The molecule has 0 bridgehead atoms. The largest absolute Gasteiger partial charge is 0.342 e. The van der Waals surface area contributed by atoms with Gasteiger partial charge in [-0.05, 0) is 43.5 Å². The van der Waals surface area contributed by atoms with Crippen LogP contribution in [0.25, 0.3) is 11.4 Å². The highest BCUT2D eigenvalue weighted by Crippen LogP contribution is 2.21. The first kappa shape index (κ1) is 19.9. The van der Waals surface area contributed by atoms with Crippen LogP contribution in [0, 0.1) is 5.92 Å². The average molecular weight is 405 g/mol. The Hall–Kier alpha value is -3.42. The molecule has 0 aromatic carbocycles. The first-order chi connectivity index (χ1) is 14.7. The molecule has 0 aliphatic carbocycles. The van der Waals surface area contributed by atoms with E-state index in [0.717, 1.165) is 18.4 Å². The summed E-state index contributed by atoms with van der Waals surface area (Å²) in [7, 11) is 0. The van der Waals surface area contributed by atoms with Crippen LogP contribution in [0.2, 0.25) is 0 Å². The zero-order valence-corrected chi connectivity index (χ0v) is 16.6. The molecule has 1 saturated heterocycles. The summed E-state index contributed by atoms with van der Waals surface area (Å²) in [5.74, 6) is 0.920. The highest BCUT2D eigenvalue weighted by molar-refractivity contribution is 5.96. The summed E-state index contributed by atoms with van der Waals surface area (Å²) in [5, 5.41) is 3.98. The molecule has 4 rings (SSSR count). The van der Waals surface area contributed by atoms with Gasteiger partial charge in [0, 0.05) is 56.0 Å². The third-order valence-electron chi connectivity index (χ3n) is 5.25. The van der Waals surface area contributed by atoms with Gasteiger partial charge >= 0.3 is 0 Å². The van der Waals surface area contributed by atoms with E-state index >= 15 is 0 Å². The normalized spacial score (nSPS) is 16.4. The Morgan fingerprint density at radius 3 is 2.80 bits per heavy atom. The second kappa shape index (κ2) is 9.39. The third-order valence-corrected chi connectivity index (χ3v) is 5.25. The summed E-state index contributed by atoms with van der Waals surface area (Å²) in [6.07, 6.45) is 8.13. The Balaban J connectivity index is 1.27. The van der Waals surface area contributed by atoms with Crippen LogP contribution in [-0.4, -0.2) is 49.8 Å². The molecular formula is C22H23N5O3. The van der Waals surface area contributed by atoms with Crippen molar-refractivity contribution in [2.45, 2.75) is 32.1 Å². The predicted octanol–water partition coefficient (Wildman–Crippen LogP) is 2.97. The van der Waals surface area contributed by atoms with Crippen molar-refractivity contribution in [3.63, 3.8) is 0 Å². The van der Waals surface area contributed by atoms with Crippen molar-refractivity contribution in [3.05, 3.63) is 60.5 Å². The molecule has 1 aliphatic rings. The lowest BCUT2D eigenvalue weighted by atomic mass is 9.91. The Kier molecular flexibility index (Phi) is 6.22. The number of hydrogen-bond donors (Lipinski definition) is 0. The Bertz CT molecular complexity index is 990. The van der Waals surface area contributed by atoms with Crippen molar-refractivity contribution in [1.82, 2.24) is 25.0 Å². The first-order valence-corrected chi connectivity index (χ1v) is 10.2. The molecular weight excluding hydrogens is 382 g/mol. The number of ketones is 1. The van der Waals surface area contributed by atoms with Crippen molar-refractivity contribution in [2.24, 2.45) is 5.92 Å². The van der Waals surface area contributed by atoms with E-state index in [4.69, 9.17) is 4.52 Å². The lowest BCUT2D eigenvalue weighted by Crippen LogP contribution is -2.42. The van der Waals surface area contributed by atoms with Crippen molar-refractivity contribution in [3.8, 4) is 11.4 Å². The molecule has 3 aromatic rings. The smallest absolute Gasteiger partial charge is 0.226 e. The molecule has 1 atom stereocenters. The van der Waals surface area contributed by atoms with Gasteiger partial charge in [0.25, 0.3) is 0 Å². The number of nitrogens with zero attached hydrogens (tertiary/aromatic N) is 5. The fourth-order valence-corrected chi connectivity index (χ4v) is 3.66. The van der Waals surface area contributed by atoms with Gasteiger partial charge in [-0.15, -0.1) is 0 Å². The summed E-state index contributed by atoms with van der Waals surface area (Å²) < 4.78 is 5.29. The predicted molar refractivity (Wildman–Crippen MR) is 108 cm³/mol. The molecule has 1 aliphatic heterocycles. The maximum Gasteiger partial charge on any atom is 0.226 e. The van der Waals surface area contributed by atoms with Crippen molar-refractivity contribution >= 4 is 11.7 Å². The summed E-state index contributed by atoms with van der Waals surface area (Å²) in [6, 6.07) is 8.96. The number of hydrogen-bond acceptors (Lipinski definition) is 7. The fraction of sp³-hybridized carbons (Fsp3) is 0.364. The Labute approximate surface area is 174 Å². The van der Waals surface area contributed by atoms with Crippen LogP contribution in [0.5, 0.6) is 0 Å². The van der Waals surface area contributed by atoms with Gasteiger partial charge in [0.2, 0.25) is 17.6 Å². The monoisotopic (exact) mass is 405 g/mol. The number of Topliss-reactive ketones (excluding diaryl/α,β-unsaturated/α-hetero) is 1. The Morgan fingerprint density at radius 2 is 2.00 bits per heavy atom. The Morgan fingerprint density at radius 1 is 1.13 bits per heavy atom. The number of carbonyl (C=O) groups excluding carboxylic acids is 2. The number of rotatable bonds is 7. The van der Waals surface area contributed by atoms with Crippen LogP contribution >= 0.6 is 0 Å². The van der Waals surface area contributed by atoms with E-state index in [0.29, 0.717) is 49.8 Å². The fourth-order valence-electron chi connectivity index (χ4n) is 3.66. The molecule has 30 heavy (non-hydrogen) atoms. The van der Waals surface area contributed by atoms with Crippen LogP contribution < -0.4 is 0 Å². The summed E-state index contributed by atoms with van der Waals surface area (Å²) in [5.41, 5.74) is 1.31. The van der Waals surface area contributed by atoms with E-state index in [2.05, 4.69) is 20.1 Å². The number of aromatic nitrogens is 4. The minimum atomic E-state index is -0.184. The van der Waals surface area contributed by atoms with Crippen LogP contribution in [0.3, 0.4) is 0 Å². The summed E-state index contributed by atoms with van der Waals surface area (Å²) in [4.78, 5) is 39.6. The molecule has 3 aromatic heterocycles. The molecule has 0 saturated carbocycles. The summed E-state index contributed by atoms with van der Waals surface area (Å²) in [6.45, 7) is 1.15. The van der Waals surface area contributed by atoms with Crippen LogP contribution in [0.1, 0.15) is 42.1 Å². The molecule has 1 unspecified atom stereocenters. The molecule has 154 valence electrons. The number of carbonyl (C=O) groups is 2. The van der Waals surface area contributed by atoms with E-state index < -0.39 is 0 Å². The van der Waals surface area contributed by atoms with E-state index in [1.807, 2.05) is 18.2 Å². The maximum atomic E-state index is 12.7. The van der Waals surface area contributed by atoms with Crippen molar-refractivity contribution in [1.29, 1.82) is 0 Å². The van der Waals surface area contributed by atoms with E-state index in [1.54, 1.807) is 35.6 Å². The number of piperidine rings is 1. The zero-order valence-electron chi connectivity index (χ0n) is 16.6. The first-order valence-electron chi connectivity index (χ1n) is 10.2. The minimum absolute atomic E-state index is 0.0163. The second-order valence-electron chi connectivity index (χ2n) is 7.36. The van der Waals surface area contributed by atoms with Gasteiger partial charge in [-0.1, -0.05) is 11.2 Å². The maximum absolute atomic E-state index is 12.7. The molecule has 0 spiro atoms. The third kappa shape index (κ3) is 4.76. The minimum Gasteiger partial charge on any atom is -0.342 e. The van der Waals surface area contributed by atoms with Gasteiger partial charge in [0.15, 0.2) is 5.78 Å². The highest BCUT2D eigenvalue weighted by Gasteiger charge is 2.29. The average Bonchev–Trinajstić information content (AvgIpc) is 3.29. The highest BCUT2D eigenvalue weighted by atomic mass is 16.5. The second-order valence-corrected chi connectivity index (χ2v) is 7.36. The van der Waals surface area contributed by atoms with Crippen LogP contribution in [-0.2, 0) is 11.2 Å². The number of amides is 1. The van der Waals surface area contributed by atoms with Gasteiger partial charge in [-0.2, -0.15) is 4.98 Å². The molecule has 1 amide bonds. The van der Waals surface area contributed by atoms with E-state index in [-0.39, 0.29) is 17.6 Å². The van der Waals surface area contributed by atoms with Gasteiger partial charge < -0.3 is 9.42 Å². The van der Waals surface area contributed by atoms with E-state index in [9.17, 15) is 9.59 Å². The molecule has 0 radical (unpaired) electrons. The molecule has 8 heteroatoms. The van der Waals surface area contributed by atoms with Gasteiger partial charge in [0.1, 0.15) is 5.69 Å². The molecule has 1 fully saturated rings. The molecule has 8 nitrogen and oxygen atoms in total. The molecule has 0 N–H and O–H groups in total. The van der Waals surface area contributed by atoms with Crippen molar-refractivity contribution < 1.29 is 14.1 Å². The zero-order chi connectivity index (χ0) is 20.8. The SMILES string of the molecule is O=C(c1ccccn1)C1CCCN(C(=O)CCCc2nc(-c3ccncc3)no2)C1. The van der Waals surface area contributed by atoms with Crippen LogP contribution in [0.4, 0.5) is 0 Å². The molecule has 4 heterocycles. The number of pyridine rings is 2. The number of likely N-dealkylation sites (tertiary alicyclic amines) is 1. The lowest BCUT2D eigenvalue weighted by Gasteiger charge is -2.32. The van der Waals surface area contributed by atoms with Crippen molar-refractivity contribution in [2.75, 3.05) is 13.1 Å².